The van der Waals surface area contributed by atoms with Crippen LogP contribution >= 0.6 is 0 Å². The lowest BCUT2D eigenvalue weighted by atomic mass is 10.0. The molecule has 0 amide bonds. The van der Waals surface area contributed by atoms with Crippen LogP contribution in [0.2, 0.25) is 0 Å². The van der Waals surface area contributed by atoms with E-state index >= 15 is 0 Å². The fourth-order valence-corrected chi connectivity index (χ4v) is 1.76. The van der Waals surface area contributed by atoms with Crippen molar-refractivity contribution in [2.45, 2.75) is 13.3 Å². The van der Waals surface area contributed by atoms with Gasteiger partial charge in [0, 0.05) is 24.8 Å². The van der Waals surface area contributed by atoms with Crippen LogP contribution < -0.4 is 5.32 Å². The first-order valence-electron chi connectivity index (χ1n) is 6.10. The lowest BCUT2D eigenvalue weighted by Crippen LogP contribution is -2.21. The summed E-state index contributed by atoms with van der Waals surface area (Å²) in [6, 6.07) is 6.65. The van der Waals surface area contributed by atoms with E-state index in [0.29, 0.717) is 5.56 Å². The van der Waals surface area contributed by atoms with Crippen molar-refractivity contribution in [1.82, 2.24) is 4.90 Å². The first kappa shape index (κ1) is 14.5. The summed E-state index contributed by atoms with van der Waals surface area (Å²) in [6.07, 6.45) is 0.770. The van der Waals surface area contributed by atoms with Crippen molar-refractivity contribution in [3.8, 4) is 0 Å². The minimum Gasteiger partial charge on any atom is -0.465 e. The van der Waals surface area contributed by atoms with Crippen molar-refractivity contribution in [3.05, 3.63) is 29.3 Å². The predicted octanol–water partition coefficient (Wildman–Crippen LogP) is 1.81. The molecule has 0 saturated heterocycles. The van der Waals surface area contributed by atoms with Crippen LogP contribution in [0.3, 0.4) is 0 Å². The van der Waals surface area contributed by atoms with Gasteiger partial charge in [0.1, 0.15) is 0 Å². The van der Waals surface area contributed by atoms with E-state index in [4.69, 9.17) is 4.74 Å². The van der Waals surface area contributed by atoms with Crippen LogP contribution in [0.1, 0.15) is 22.8 Å². The Hall–Kier alpha value is -1.55. The van der Waals surface area contributed by atoms with Crippen LogP contribution in [0.5, 0.6) is 0 Å². The van der Waals surface area contributed by atoms with Crippen molar-refractivity contribution >= 4 is 11.7 Å². The molecule has 1 N–H and O–H groups in total. The zero-order valence-corrected chi connectivity index (χ0v) is 11.5. The summed E-state index contributed by atoms with van der Waals surface area (Å²) in [5.74, 6) is -0.295. The molecule has 18 heavy (non-hydrogen) atoms. The molecule has 0 bridgehead atoms. The zero-order valence-electron chi connectivity index (χ0n) is 11.5. The monoisotopic (exact) mass is 249 g/mol. The molecule has 0 saturated carbocycles. The van der Waals surface area contributed by atoms with Crippen molar-refractivity contribution in [1.29, 1.82) is 0 Å². The summed E-state index contributed by atoms with van der Waals surface area (Å²) < 4.78 is 4.79. The van der Waals surface area contributed by atoms with Gasteiger partial charge in [-0.1, -0.05) is 13.0 Å². The van der Waals surface area contributed by atoms with Gasteiger partial charge >= 0.3 is 5.97 Å². The van der Waals surface area contributed by atoms with Crippen LogP contribution in [0.25, 0.3) is 0 Å². The average Bonchev–Trinajstić information content (AvgIpc) is 2.37. The topological polar surface area (TPSA) is 41.6 Å². The molecule has 1 rings (SSSR count). The van der Waals surface area contributed by atoms with E-state index in [0.717, 1.165) is 30.8 Å². The molecule has 0 heterocycles. The molecule has 0 aromatic heterocycles. The number of nitrogens with one attached hydrogen (secondary N) is 1. The third kappa shape index (κ3) is 3.74. The number of nitrogens with zero attached hydrogens (tertiary/aromatic N) is 1. The molecule has 0 aliphatic carbocycles. The fourth-order valence-electron chi connectivity index (χ4n) is 1.76. The number of hydrogen-bond donors (Lipinski definition) is 1. The molecule has 0 unspecified atom stereocenters. The number of anilines is 1. The van der Waals surface area contributed by atoms with Crippen LogP contribution in [0, 0.1) is 6.07 Å². The van der Waals surface area contributed by atoms with Gasteiger partial charge in [-0.3, -0.25) is 0 Å². The highest BCUT2D eigenvalue weighted by atomic mass is 16.5. The van der Waals surface area contributed by atoms with Crippen molar-refractivity contribution in [2.75, 3.05) is 39.6 Å². The number of benzene rings is 1. The smallest absolute Gasteiger partial charge is 0.338 e. The molecule has 4 heteroatoms. The summed E-state index contributed by atoms with van der Waals surface area (Å²) in [7, 11) is 5.45. The zero-order chi connectivity index (χ0) is 13.5. The van der Waals surface area contributed by atoms with E-state index in [1.807, 2.05) is 21.0 Å². The number of methoxy groups -OCH3 is 1. The molecule has 0 aliphatic heterocycles. The van der Waals surface area contributed by atoms with E-state index in [9.17, 15) is 4.79 Å². The molecular weight excluding hydrogens is 228 g/mol. The number of likely N-dealkylation sites (N-methyl/N-ethyl adjacent to an activating group) is 1. The second-order valence-corrected chi connectivity index (χ2v) is 4.32. The van der Waals surface area contributed by atoms with Gasteiger partial charge in [0.05, 0.1) is 12.7 Å². The second kappa shape index (κ2) is 7.01. The maximum atomic E-state index is 11.7. The molecule has 1 radical (unpaired) electrons. The Bertz CT molecular complexity index is 403. The van der Waals surface area contributed by atoms with E-state index in [1.54, 1.807) is 12.1 Å². The first-order valence-corrected chi connectivity index (χ1v) is 6.10. The molecule has 1 aromatic rings. The van der Waals surface area contributed by atoms with Crippen molar-refractivity contribution < 1.29 is 9.53 Å². The van der Waals surface area contributed by atoms with E-state index in [1.165, 1.54) is 7.11 Å². The molecule has 1 aromatic carbocycles. The highest BCUT2D eigenvalue weighted by Gasteiger charge is 2.13. The van der Waals surface area contributed by atoms with Crippen LogP contribution in [-0.2, 0) is 11.2 Å². The summed E-state index contributed by atoms with van der Waals surface area (Å²) in [5.41, 5.74) is 2.47. The Morgan fingerprint density at radius 1 is 1.50 bits per heavy atom. The van der Waals surface area contributed by atoms with Crippen LogP contribution in [0.15, 0.2) is 12.1 Å². The van der Waals surface area contributed by atoms with E-state index in [2.05, 4.69) is 16.3 Å². The summed E-state index contributed by atoms with van der Waals surface area (Å²) in [4.78, 5) is 13.8. The highest BCUT2D eigenvalue weighted by molar-refractivity contribution is 5.92. The van der Waals surface area contributed by atoms with Crippen LogP contribution in [0.4, 0.5) is 5.69 Å². The van der Waals surface area contributed by atoms with Gasteiger partial charge < -0.3 is 15.0 Å². The minimum absolute atomic E-state index is 0.295. The standard InChI is InChI=1S/C14H21N2O2/c1-5-11-12(14(17)18-4)7-6-8-13(11)15-9-10-16(2)3/h6-7,15H,5,9-10H2,1-4H3. The summed E-state index contributed by atoms with van der Waals surface area (Å²) in [6.45, 7) is 3.77. The predicted molar refractivity (Wildman–Crippen MR) is 73.0 cm³/mol. The van der Waals surface area contributed by atoms with Gasteiger partial charge in [-0.05, 0) is 32.1 Å². The Kier molecular flexibility index (Phi) is 5.65. The van der Waals surface area contributed by atoms with Crippen molar-refractivity contribution in [3.63, 3.8) is 0 Å². The third-order valence-electron chi connectivity index (χ3n) is 2.72. The number of rotatable bonds is 6. The first-order chi connectivity index (χ1) is 8.60. The number of ether oxygens (including phenoxy) is 1. The Morgan fingerprint density at radius 3 is 2.78 bits per heavy atom. The van der Waals surface area contributed by atoms with Gasteiger partial charge in [0.25, 0.3) is 0 Å². The van der Waals surface area contributed by atoms with Crippen LogP contribution in [-0.4, -0.2) is 45.2 Å². The Morgan fingerprint density at radius 2 is 2.22 bits per heavy atom. The van der Waals surface area contributed by atoms with Gasteiger partial charge in [-0.25, -0.2) is 4.79 Å². The van der Waals surface area contributed by atoms with E-state index < -0.39 is 0 Å². The molecule has 0 spiro atoms. The van der Waals surface area contributed by atoms with Gasteiger partial charge in [-0.15, -0.1) is 0 Å². The molecule has 0 fully saturated rings. The number of esters is 1. The highest BCUT2D eigenvalue weighted by Crippen LogP contribution is 2.20. The third-order valence-corrected chi connectivity index (χ3v) is 2.72. The molecule has 4 nitrogen and oxygen atoms in total. The SMILES string of the molecule is CCc1c(NCCN(C)C)[c]ccc1C(=O)OC. The second-order valence-electron chi connectivity index (χ2n) is 4.32. The molecule has 0 atom stereocenters. The summed E-state index contributed by atoms with van der Waals surface area (Å²) in [5, 5.41) is 3.31. The molecular formula is C14H21N2O2. The van der Waals surface area contributed by atoms with Gasteiger partial charge in [-0.2, -0.15) is 0 Å². The maximum absolute atomic E-state index is 11.7. The number of hydrogen-bond acceptors (Lipinski definition) is 4. The van der Waals surface area contributed by atoms with E-state index in [-0.39, 0.29) is 5.97 Å². The average molecular weight is 249 g/mol. The molecule has 99 valence electrons. The van der Waals surface area contributed by atoms with Crippen molar-refractivity contribution in [2.24, 2.45) is 0 Å². The number of carbonyl (C=O) groups is 1. The Balaban J connectivity index is 2.87. The lowest BCUT2D eigenvalue weighted by molar-refractivity contribution is 0.0599. The quantitative estimate of drug-likeness (QED) is 0.781. The largest absolute Gasteiger partial charge is 0.465 e. The maximum Gasteiger partial charge on any atom is 0.338 e. The fraction of sp³-hybridized carbons (Fsp3) is 0.500. The summed E-state index contributed by atoms with van der Waals surface area (Å²) >= 11 is 0. The number of carbonyl (C=O) groups excluding carboxylic acids is 1. The van der Waals surface area contributed by atoms with Gasteiger partial charge in [0.15, 0.2) is 0 Å². The molecule has 0 aliphatic rings. The Labute approximate surface area is 109 Å². The normalized spacial score (nSPS) is 10.5. The minimum atomic E-state index is -0.295. The van der Waals surface area contributed by atoms with Gasteiger partial charge in [0.2, 0.25) is 0 Å². The lowest BCUT2D eigenvalue weighted by Gasteiger charge is -2.15.